The SMILES string of the molecule is CCN(CC1CCCC1)c1cc2c(cc1Cc1nc(N)oc1Cc1cc(C(F)(F)F)cc(C(F)(F)F)c1)CCC2.Cl. The van der Waals surface area contributed by atoms with Gasteiger partial charge in [-0.2, -0.15) is 31.3 Å². The summed E-state index contributed by atoms with van der Waals surface area (Å²) < 4.78 is 86.1. The van der Waals surface area contributed by atoms with Crippen LogP contribution in [0, 0.1) is 5.92 Å². The van der Waals surface area contributed by atoms with Crippen LogP contribution < -0.4 is 10.6 Å². The van der Waals surface area contributed by atoms with Crippen LogP contribution in [0.3, 0.4) is 0 Å². The van der Waals surface area contributed by atoms with Gasteiger partial charge in [-0.25, -0.2) is 0 Å². The molecule has 0 atom stereocenters. The fraction of sp³-hybridized carbons (Fsp3) is 0.500. The highest BCUT2D eigenvalue weighted by atomic mass is 35.5. The number of anilines is 2. The number of aryl methyl sites for hydroxylation is 2. The average molecular weight is 602 g/mol. The minimum Gasteiger partial charge on any atom is -0.428 e. The maximum Gasteiger partial charge on any atom is 0.416 e. The number of fused-ring (bicyclic) bond motifs is 1. The van der Waals surface area contributed by atoms with Crippen molar-refractivity contribution in [3.8, 4) is 0 Å². The number of oxazole rings is 1. The summed E-state index contributed by atoms with van der Waals surface area (Å²) in [6.45, 7) is 3.89. The summed E-state index contributed by atoms with van der Waals surface area (Å²) in [6.07, 6.45) is -1.89. The molecule has 0 spiro atoms. The van der Waals surface area contributed by atoms with Gasteiger partial charge in [0.2, 0.25) is 0 Å². The van der Waals surface area contributed by atoms with Crippen LogP contribution in [0.1, 0.15) is 83.9 Å². The van der Waals surface area contributed by atoms with Gasteiger partial charge < -0.3 is 15.1 Å². The molecule has 0 radical (unpaired) electrons. The van der Waals surface area contributed by atoms with Crippen LogP contribution in [-0.4, -0.2) is 18.1 Å². The predicted octanol–water partition coefficient (Wildman–Crippen LogP) is 8.40. The van der Waals surface area contributed by atoms with Crippen LogP contribution in [0.2, 0.25) is 0 Å². The van der Waals surface area contributed by atoms with Crippen LogP contribution in [-0.2, 0) is 38.0 Å². The van der Waals surface area contributed by atoms with E-state index in [4.69, 9.17) is 10.2 Å². The maximum absolute atomic E-state index is 13.4. The minimum absolute atomic E-state index is 0. The number of nitrogens with two attached hydrogens (primary N) is 1. The van der Waals surface area contributed by atoms with Gasteiger partial charge in [-0.1, -0.05) is 18.9 Å². The van der Waals surface area contributed by atoms with Crippen LogP contribution in [0.15, 0.2) is 34.7 Å². The van der Waals surface area contributed by atoms with Crippen LogP contribution >= 0.6 is 12.4 Å². The van der Waals surface area contributed by atoms with Crippen molar-refractivity contribution in [1.29, 1.82) is 0 Å². The van der Waals surface area contributed by atoms with Gasteiger partial charge in [0.05, 0.1) is 16.8 Å². The van der Waals surface area contributed by atoms with Gasteiger partial charge in [0.15, 0.2) is 0 Å². The van der Waals surface area contributed by atoms with Crippen molar-refractivity contribution in [1.82, 2.24) is 4.98 Å². The molecule has 0 unspecified atom stereocenters. The molecule has 0 aliphatic heterocycles. The van der Waals surface area contributed by atoms with Crippen LogP contribution in [0.5, 0.6) is 0 Å². The Morgan fingerprint density at radius 2 is 1.49 bits per heavy atom. The van der Waals surface area contributed by atoms with E-state index in [2.05, 4.69) is 28.9 Å². The summed E-state index contributed by atoms with van der Waals surface area (Å²) in [6, 6.07) is 5.82. The Kier molecular flexibility index (Phi) is 9.21. The second kappa shape index (κ2) is 12.2. The topological polar surface area (TPSA) is 55.3 Å². The van der Waals surface area contributed by atoms with E-state index in [-0.39, 0.29) is 42.2 Å². The molecule has 0 amide bonds. The highest BCUT2D eigenvalue weighted by Gasteiger charge is 2.37. The van der Waals surface area contributed by atoms with Gasteiger partial charge in [-0.3, -0.25) is 0 Å². The summed E-state index contributed by atoms with van der Waals surface area (Å²) in [5.41, 5.74) is 8.07. The molecule has 0 bridgehead atoms. The number of hydrogen-bond donors (Lipinski definition) is 1. The number of benzene rings is 2. The van der Waals surface area contributed by atoms with Crippen molar-refractivity contribution in [3.63, 3.8) is 0 Å². The molecule has 4 nitrogen and oxygen atoms in total. The number of nitrogens with zero attached hydrogens (tertiary/aromatic N) is 2. The molecule has 5 rings (SSSR count). The molecule has 2 aromatic carbocycles. The zero-order valence-corrected chi connectivity index (χ0v) is 23.6. The van der Waals surface area contributed by atoms with Gasteiger partial charge in [0.1, 0.15) is 5.76 Å². The molecular weight excluding hydrogens is 568 g/mol. The first-order chi connectivity index (χ1) is 18.9. The van der Waals surface area contributed by atoms with E-state index in [1.54, 1.807) is 0 Å². The van der Waals surface area contributed by atoms with Crippen molar-refractivity contribution in [2.45, 2.75) is 77.1 Å². The fourth-order valence-electron chi connectivity index (χ4n) is 6.17. The average Bonchev–Trinajstić information content (AvgIpc) is 3.63. The molecular formula is C30H34ClF6N3O. The quantitative estimate of drug-likeness (QED) is 0.263. The number of nitrogen functional groups attached to an aromatic ring is 1. The summed E-state index contributed by atoms with van der Waals surface area (Å²) in [5, 5.41) is 0. The van der Waals surface area contributed by atoms with Gasteiger partial charge >= 0.3 is 12.4 Å². The van der Waals surface area contributed by atoms with Gasteiger partial charge in [0, 0.05) is 31.6 Å². The molecule has 1 aromatic heterocycles. The molecule has 11 heteroatoms. The zero-order chi connectivity index (χ0) is 28.7. The third-order valence-electron chi connectivity index (χ3n) is 8.13. The number of halogens is 7. The monoisotopic (exact) mass is 601 g/mol. The molecule has 0 saturated heterocycles. The Morgan fingerprint density at radius 1 is 0.878 bits per heavy atom. The van der Waals surface area contributed by atoms with E-state index in [1.807, 2.05) is 0 Å². The van der Waals surface area contributed by atoms with Crippen molar-refractivity contribution in [3.05, 3.63) is 75.2 Å². The minimum atomic E-state index is -4.93. The number of aromatic nitrogens is 1. The summed E-state index contributed by atoms with van der Waals surface area (Å²) >= 11 is 0. The first kappa shape index (κ1) is 31.1. The standard InChI is InChI=1S/C30H33F6N3O.ClH/c1-2-39(17-18-6-3-4-7-18)26-15-21-9-5-8-20(21)13-22(26)14-25-27(40-28(37)38-25)12-19-10-23(29(31,32)33)16-24(11-19)30(34,35)36;/h10-11,13,15-16,18H,2-9,12,14,17H2,1H3,(H2,37,38);1H. The largest absolute Gasteiger partial charge is 0.428 e. The van der Waals surface area contributed by atoms with E-state index in [9.17, 15) is 26.3 Å². The maximum atomic E-state index is 13.4. The van der Waals surface area contributed by atoms with E-state index in [1.165, 1.54) is 36.8 Å². The van der Waals surface area contributed by atoms with Crippen molar-refractivity contribution < 1.29 is 30.8 Å². The lowest BCUT2D eigenvalue weighted by atomic mass is 9.96. The van der Waals surface area contributed by atoms with Crippen molar-refractivity contribution in [2.24, 2.45) is 5.92 Å². The Labute approximate surface area is 241 Å². The molecule has 2 N–H and O–H groups in total. The molecule has 41 heavy (non-hydrogen) atoms. The molecule has 1 saturated carbocycles. The summed E-state index contributed by atoms with van der Waals surface area (Å²) in [4.78, 5) is 6.70. The number of alkyl halides is 6. The lowest BCUT2D eigenvalue weighted by Gasteiger charge is -2.29. The third-order valence-corrected chi connectivity index (χ3v) is 8.13. The predicted molar refractivity (Wildman–Crippen MR) is 149 cm³/mol. The zero-order valence-electron chi connectivity index (χ0n) is 22.8. The highest BCUT2D eigenvalue weighted by molar-refractivity contribution is 5.85. The molecule has 1 heterocycles. The van der Waals surface area contributed by atoms with E-state index in [0.717, 1.165) is 55.7 Å². The van der Waals surface area contributed by atoms with Crippen molar-refractivity contribution in [2.75, 3.05) is 23.7 Å². The third kappa shape index (κ3) is 7.13. The lowest BCUT2D eigenvalue weighted by molar-refractivity contribution is -0.143. The fourth-order valence-corrected chi connectivity index (χ4v) is 6.17. The first-order valence-corrected chi connectivity index (χ1v) is 13.8. The molecule has 2 aliphatic rings. The summed E-state index contributed by atoms with van der Waals surface area (Å²) in [5.74, 6) is 0.790. The highest BCUT2D eigenvalue weighted by Crippen LogP contribution is 2.38. The normalized spacial score (nSPS) is 15.7. The second-order valence-corrected chi connectivity index (χ2v) is 11.0. The van der Waals surface area contributed by atoms with Gasteiger partial charge in [-0.15, -0.1) is 12.4 Å². The Balaban J connectivity index is 0.00000387. The molecule has 224 valence electrons. The van der Waals surface area contributed by atoms with Crippen LogP contribution in [0.4, 0.5) is 38.0 Å². The smallest absolute Gasteiger partial charge is 0.416 e. The number of rotatable bonds is 8. The molecule has 2 aliphatic carbocycles. The lowest BCUT2D eigenvalue weighted by Crippen LogP contribution is -2.29. The number of hydrogen-bond acceptors (Lipinski definition) is 4. The Hall–Kier alpha value is -2.88. The summed E-state index contributed by atoms with van der Waals surface area (Å²) in [7, 11) is 0. The van der Waals surface area contributed by atoms with Crippen molar-refractivity contribution >= 4 is 24.1 Å². The molecule has 3 aromatic rings. The first-order valence-electron chi connectivity index (χ1n) is 13.8. The second-order valence-electron chi connectivity index (χ2n) is 11.0. The Bertz CT molecular complexity index is 1330. The molecule has 1 fully saturated rings. The Morgan fingerprint density at radius 3 is 2.07 bits per heavy atom. The van der Waals surface area contributed by atoms with Gasteiger partial charge in [-0.05, 0) is 91.5 Å². The van der Waals surface area contributed by atoms with Crippen LogP contribution in [0.25, 0.3) is 0 Å². The van der Waals surface area contributed by atoms with E-state index < -0.39 is 23.5 Å². The van der Waals surface area contributed by atoms with Gasteiger partial charge in [0.25, 0.3) is 6.01 Å². The van der Waals surface area contributed by atoms with E-state index >= 15 is 0 Å². The van der Waals surface area contributed by atoms with E-state index in [0.29, 0.717) is 18.0 Å².